The van der Waals surface area contributed by atoms with E-state index in [1.165, 1.54) is 0 Å². The van der Waals surface area contributed by atoms with Gasteiger partial charge in [-0.3, -0.25) is 14.3 Å². The number of halogens is 1. The molecule has 1 aliphatic rings. The minimum absolute atomic E-state index is 0.0648. The van der Waals surface area contributed by atoms with Crippen molar-refractivity contribution in [3.63, 3.8) is 0 Å². The SMILES string of the molecule is O=c1[nH]c(=O)n([C@H]2C[C@H](OCc3ccccc3)[C@H](COCc3ccccc3)S2)cc1Br. The fourth-order valence-electron chi connectivity index (χ4n) is 3.52. The van der Waals surface area contributed by atoms with Gasteiger partial charge in [0.25, 0.3) is 5.56 Å². The summed E-state index contributed by atoms with van der Waals surface area (Å²) in [4.78, 5) is 26.4. The van der Waals surface area contributed by atoms with Gasteiger partial charge < -0.3 is 9.47 Å². The van der Waals surface area contributed by atoms with Crippen LogP contribution in [0.2, 0.25) is 0 Å². The molecular formula is C23H23BrN2O4S. The molecule has 0 spiro atoms. The second kappa shape index (κ2) is 10.5. The highest BCUT2D eigenvalue weighted by Gasteiger charge is 2.37. The number of benzene rings is 2. The molecule has 0 radical (unpaired) electrons. The second-order valence-corrected chi connectivity index (χ2v) is 9.62. The molecule has 0 unspecified atom stereocenters. The number of aromatic nitrogens is 2. The van der Waals surface area contributed by atoms with Crippen molar-refractivity contribution in [2.45, 2.75) is 36.4 Å². The number of thioether (sulfide) groups is 1. The molecule has 1 aromatic heterocycles. The molecule has 1 fully saturated rings. The lowest BCUT2D eigenvalue weighted by Crippen LogP contribution is -2.31. The largest absolute Gasteiger partial charge is 0.376 e. The molecule has 2 heterocycles. The third-order valence-electron chi connectivity index (χ3n) is 5.12. The Kier molecular flexibility index (Phi) is 7.45. The predicted octanol–water partition coefficient (Wildman–Crippen LogP) is 4.11. The van der Waals surface area contributed by atoms with Gasteiger partial charge in [-0.1, -0.05) is 60.7 Å². The molecule has 4 rings (SSSR count). The van der Waals surface area contributed by atoms with E-state index in [0.29, 0.717) is 30.7 Å². The Bertz CT molecular complexity index is 1100. The van der Waals surface area contributed by atoms with E-state index < -0.39 is 11.2 Å². The zero-order valence-electron chi connectivity index (χ0n) is 16.8. The lowest BCUT2D eigenvalue weighted by molar-refractivity contribution is 0.0134. The van der Waals surface area contributed by atoms with E-state index in [4.69, 9.17) is 9.47 Å². The number of aromatic amines is 1. The van der Waals surface area contributed by atoms with E-state index in [1.54, 1.807) is 22.5 Å². The van der Waals surface area contributed by atoms with E-state index in [0.717, 1.165) is 11.1 Å². The topological polar surface area (TPSA) is 73.3 Å². The van der Waals surface area contributed by atoms with Crippen molar-refractivity contribution in [2.75, 3.05) is 6.61 Å². The van der Waals surface area contributed by atoms with Crippen LogP contribution in [0.25, 0.3) is 0 Å². The van der Waals surface area contributed by atoms with Gasteiger partial charge in [-0.15, -0.1) is 11.8 Å². The van der Waals surface area contributed by atoms with Crippen molar-refractivity contribution in [1.29, 1.82) is 0 Å². The summed E-state index contributed by atoms with van der Waals surface area (Å²) in [5.74, 6) is 0. The van der Waals surface area contributed by atoms with E-state index in [2.05, 4.69) is 20.9 Å². The molecule has 3 atom stereocenters. The Morgan fingerprint density at radius 3 is 2.32 bits per heavy atom. The van der Waals surface area contributed by atoms with Crippen LogP contribution in [0, 0.1) is 0 Å². The van der Waals surface area contributed by atoms with Crippen LogP contribution in [-0.2, 0) is 22.7 Å². The number of rotatable bonds is 8. The van der Waals surface area contributed by atoms with E-state index >= 15 is 0 Å². The number of hydrogen-bond donors (Lipinski definition) is 1. The van der Waals surface area contributed by atoms with Gasteiger partial charge in [0.15, 0.2) is 0 Å². The number of hydrogen-bond acceptors (Lipinski definition) is 5. The Morgan fingerprint density at radius 1 is 1.00 bits per heavy atom. The first kappa shape index (κ1) is 22.1. The average Bonchev–Trinajstić information content (AvgIpc) is 3.19. The zero-order valence-corrected chi connectivity index (χ0v) is 19.2. The normalized spacial score (nSPS) is 20.7. The fraction of sp³-hybridized carbons (Fsp3) is 0.304. The van der Waals surface area contributed by atoms with Gasteiger partial charge >= 0.3 is 5.69 Å². The summed E-state index contributed by atoms with van der Waals surface area (Å²) in [6.07, 6.45) is 2.12. The quantitative estimate of drug-likeness (QED) is 0.501. The van der Waals surface area contributed by atoms with Crippen LogP contribution in [0.3, 0.4) is 0 Å². The predicted molar refractivity (Wildman–Crippen MR) is 125 cm³/mol. The highest BCUT2D eigenvalue weighted by Crippen LogP contribution is 2.43. The van der Waals surface area contributed by atoms with Crippen LogP contribution in [-0.4, -0.2) is 27.5 Å². The maximum atomic E-state index is 12.4. The van der Waals surface area contributed by atoms with Crippen molar-refractivity contribution in [3.8, 4) is 0 Å². The highest BCUT2D eigenvalue weighted by molar-refractivity contribution is 9.10. The maximum absolute atomic E-state index is 12.4. The molecule has 2 aromatic carbocycles. The van der Waals surface area contributed by atoms with Gasteiger partial charge in [-0.05, 0) is 27.1 Å². The molecule has 0 bridgehead atoms. The first-order chi connectivity index (χ1) is 15.1. The molecule has 3 aromatic rings. The summed E-state index contributed by atoms with van der Waals surface area (Å²) < 4.78 is 14.1. The minimum Gasteiger partial charge on any atom is -0.376 e. The lowest BCUT2D eigenvalue weighted by Gasteiger charge is -2.19. The summed E-state index contributed by atoms with van der Waals surface area (Å²) in [5.41, 5.74) is 1.37. The first-order valence-corrected chi connectivity index (χ1v) is 11.8. The summed E-state index contributed by atoms with van der Waals surface area (Å²) in [7, 11) is 0. The second-order valence-electron chi connectivity index (χ2n) is 7.34. The van der Waals surface area contributed by atoms with Crippen LogP contribution >= 0.6 is 27.7 Å². The number of nitrogens with zero attached hydrogens (tertiary/aromatic N) is 1. The summed E-state index contributed by atoms with van der Waals surface area (Å²) in [5, 5.41) is -0.0817. The van der Waals surface area contributed by atoms with Crippen molar-refractivity contribution < 1.29 is 9.47 Å². The molecule has 1 N–H and O–H groups in total. The number of nitrogens with one attached hydrogen (secondary N) is 1. The molecule has 1 saturated heterocycles. The van der Waals surface area contributed by atoms with Crippen LogP contribution in [0.5, 0.6) is 0 Å². The average molecular weight is 503 g/mol. The highest BCUT2D eigenvalue weighted by atomic mass is 79.9. The minimum atomic E-state index is -0.427. The molecule has 6 nitrogen and oxygen atoms in total. The van der Waals surface area contributed by atoms with Gasteiger partial charge in [-0.25, -0.2) is 4.79 Å². The maximum Gasteiger partial charge on any atom is 0.329 e. The molecule has 8 heteroatoms. The van der Waals surface area contributed by atoms with E-state index in [1.807, 2.05) is 60.7 Å². The van der Waals surface area contributed by atoms with Gasteiger partial charge in [-0.2, -0.15) is 0 Å². The molecular weight excluding hydrogens is 480 g/mol. The molecule has 1 aliphatic heterocycles. The third-order valence-corrected chi connectivity index (χ3v) is 7.20. The third kappa shape index (κ3) is 5.77. The Labute approximate surface area is 192 Å². The standard InChI is InChI=1S/C23H23BrN2O4S/c24-18-12-26(23(28)25-22(18)27)21-11-19(30-14-17-9-5-2-6-10-17)20(31-21)15-29-13-16-7-3-1-4-8-16/h1-10,12,19-21H,11,13-15H2,(H,25,27,28)/t19-,20-,21+/m0/s1. The number of ether oxygens (including phenoxy) is 2. The lowest BCUT2D eigenvalue weighted by atomic mass is 10.1. The summed E-state index contributed by atoms with van der Waals surface area (Å²) in [6.45, 7) is 1.53. The Hall–Kier alpha value is -2.13. The van der Waals surface area contributed by atoms with Crippen molar-refractivity contribution in [2.24, 2.45) is 0 Å². The molecule has 162 valence electrons. The van der Waals surface area contributed by atoms with Gasteiger partial charge in [0.05, 0.1) is 41.0 Å². The molecule has 0 aliphatic carbocycles. The smallest absolute Gasteiger partial charge is 0.329 e. The van der Waals surface area contributed by atoms with Crippen molar-refractivity contribution in [3.05, 3.63) is 103 Å². The Balaban J connectivity index is 1.46. The fourth-order valence-corrected chi connectivity index (χ4v) is 5.37. The molecule has 0 amide bonds. The number of H-pyrrole nitrogens is 1. The van der Waals surface area contributed by atoms with Crippen LogP contribution in [0.15, 0.2) is 80.9 Å². The van der Waals surface area contributed by atoms with Gasteiger partial charge in [0.1, 0.15) is 0 Å². The zero-order chi connectivity index (χ0) is 21.6. The van der Waals surface area contributed by atoms with E-state index in [9.17, 15) is 9.59 Å². The molecule has 0 saturated carbocycles. The first-order valence-electron chi connectivity index (χ1n) is 10.0. The Morgan fingerprint density at radius 2 is 1.65 bits per heavy atom. The van der Waals surface area contributed by atoms with E-state index in [-0.39, 0.29) is 16.7 Å². The van der Waals surface area contributed by atoms with Crippen LogP contribution in [0.1, 0.15) is 22.9 Å². The molecule has 31 heavy (non-hydrogen) atoms. The van der Waals surface area contributed by atoms with Crippen LogP contribution < -0.4 is 11.2 Å². The monoisotopic (exact) mass is 502 g/mol. The van der Waals surface area contributed by atoms with Gasteiger partial charge in [0.2, 0.25) is 0 Å². The van der Waals surface area contributed by atoms with Gasteiger partial charge in [0, 0.05) is 12.6 Å². The van der Waals surface area contributed by atoms with Crippen molar-refractivity contribution in [1.82, 2.24) is 9.55 Å². The van der Waals surface area contributed by atoms with Crippen LogP contribution in [0.4, 0.5) is 0 Å². The summed E-state index contributed by atoms with van der Waals surface area (Å²) >= 11 is 4.86. The van der Waals surface area contributed by atoms with Crippen molar-refractivity contribution >= 4 is 27.7 Å². The summed E-state index contributed by atoms with van der Waals surface area (Å²) in [6, 6.07) is 20.0.